The van der Waals surface area contributed by atoms with Crippen LogP contribution in [0.4, 0.5) is 0 Å². The first kappa shape index (κ1) is 13.3. The van der Waals surface area contributed by atoms with Crippen molar-refractivity contribution in [2.75, 3.05) is 7.11 Å². The standard InChI is InChI=1S/C14H17N3O2/c1-3-10-4-5-12(13(8-10)18-2)19-14-16-7-6-11(9-15)17-14/h4-8H,3,9,15H2,1-2H3. The van der Waals surface area contributed by atoms with Gasteiger partial charge < -0.3 is 15.2 Å². The van der Waals surface area contributed by atoms with Gasteiger partial charge in [0.1, 0.15) is 0 Å². The Labute approximate surface area is 112 Å². The van der Waals surface area contributed by atoms with E-state index in [2.05, 4.69) is 16.9 Å². The minimum Gasteiger partial charge on any atom is -0.493 e. The van der Waals surface area contributed by atoms with Crippen LogP contribution in [0.5, 0.6) is 17.5 Å². The zero-order chi connectivity index (χ0) is 13.7. The van der Waals surface area contributed by atoms with Gasteiger partial charge in [-0.05, 0) is 30.2 Å². The number of methoxy groups -OCH3 is 1. The van der Waals surface area contributed by atoms with E-state index in [4.69, 9.17) is 15.2 Å². The number of nitrogens with zero attached hydrogens (tertiary/aromatic N) is 2. The lowest BCUT2D eigenvalue weighted by atomic mass is 10.1. The maximum atomic E-state index is 5.64. The summed E-state index contributed by atoms with van der Waals surface area (Å²) in [5.74, 6) is 1.26. The molecule has 5 heteroatoms. The van der Waals surface area contributed by atoms with Crippen LogP contribution in [0.3, 0.4) is 0 Å². The van der Waals surface area contributed by atoms with Crippen molar-refractivity contribution in [1.82, 2.24) is 9.97 Å². The highest BCUT2D eigenvalue weighted by molar-refractivity contribution is 5.44. The minimum atomic E-state index is 0.269. The van der Waals surface area contributed by atoms with Crippen molar-refractivity contribution in [2.24, 2.45) is 5.73 Å². The highest BCUT2D eigenvalue weighted by Gasteiger charge is 2.08. The molecule has 19 heavy (non-hydrogen) atoms. The Bertz CT molecular complexity index is 558. The van der Waals surface area contributed by atoms with Gasteiger partial charge in [0, 0.05) is 12.7 Å². The molecule has 0 unspecified atom stereocenters. The highest BCUT2D eigenvalue weighted by atomic mass is 16.5. The van der Waals surface area contributed by atoms with Crippen molar-refractivity contribution in [3.8, 4) is 17.5 Å². The first-order valence-corrected chi connectivity index (χ1v) is 6.13. The summed E-state index contributed by atoms with van der Waals surface area (Å²) in [4.78, 5) is 8.25. The van der Waals surface area contributed by atoms with Gasteiger partial charge >= 0.3 is 6.01 Å². The second kappa shape index (κ2) is 6.15. The van der Waals surface area contributed by atoms with Crippen LogP contribution in [0.1, 0.15) is 18.2 Å². The molecule has 1 heterocycles. The van der Waals surface area contributed by atoms with E-state index in [9.17, 15) is 0 Å². The summed E-state index contributed by atoms with van der Waals surface area (Å²) in [6, 6.07) is 7.82. The summed E-state index contributed by atoms with van der Waals surface area (Å²) in [6.07, 6.45) is 2.56. The average Bonchev–Trinajstić information content (AvgIpc) is 2.48. The number of rotatable bonds is 5. The topological polar surface area (TPSA) is 70.3 Å². The van der Waals surface area contributed by atoms with Crippen molar-refractivity contribution in [3.63, 3.8) is 0 Å². The zero-order valence-corrected chi connectivity index (χ0v) is 11.1. The van der Waals surface area contributed by atoms with Crippen LogP contribution in [-0.2, 0) is 13.0 Å². The monoisotopic (exact) mass is 259 g/mol. The van der Waals surface area contributed by atoms with E-state index >= 15 is 0 Å². The molecule has 0 aliphatic carbocycles. The molecule has 0 spiro atoms. The van der Waals surface area contributed by atoms with E-state index in [1.54, 1.807) is 19.4 Å². The van der Waals surface area contributed by atoms with Gasteiger partial charge in [0.05, 0.1) is 12.8 Å². The Hall–Kier alpha value is -2.14. The van der Waals surface area contributed by atoms with Crippen LogP contribution >= 0.6 is 0 Å². The van der Waals surface area contributed by atoms with E-state index in [1.165, 1.54) is 5.56 Å². The van der Waals surface area contributed by atoms with Gasteiger partial charge in [-0.1, -0.05) is 13.0 Å². The molecule has 0 fully saturated rings. The maximum Gasteiger partial charge on any atom is 0.322 e. The molecule has 5 nitrogen and oxygen atoms in total. The predicted molar refractivity (Wildman–Crippen MR) is 72.4 cm³/mol. The SMILES string of the molecule is CCc1ccc(Oc2nccc(CN)n2)c(OC)c1. The molecule has 1 aromatic heterocycles. The van der Waals surface area contributed by atoms with Gasteiger partial charge in [0.15, 0.2) is 11.5 Å². The molecule has 0 radical (unpaired) electrons. The number of benzene rings is 1. The number of nitrogens with two attached hydrogens (primary N) is 1. The Balaban J connectivity index is 2.26. The van der Waals surface area contributed by atoms with Gasteiger partial charge in [-0.25, -0.2) is 4.98 Å². The second-order valence-corrected chi connectivity index (χ2v) is 3.98. The van der Waals surface area contributed by atoms with E-state index < -0.39 is 0 Å². The molecule has 2 aromatic rings. The molecule has 100 valence electrons. The molecule has 0 saturated carbocycles. The molecule has 0 atom stereocenters. The summed E-state index contributed by atoms with van der Waals surface area (Å²) >= 11 is 0. The number of aromatic nitrogens is 2. The first-order valence-electron chi connectivity index (χ1n) is 6.13. The predicted octanol–water partition coefficient (Wildman–Crippen LogP) is 2.30. The van der Waals surface area contributed by atoms with Crippen molar-refractivity contribution < 1.29 is 9.47 Å². The quantitative estimate of drug-likeness (QED) is 0.892. The molecule has 0 aliphatic rings. The van der Waals surface area contributed by atoms with E-state index in [-0.39, 0.29) is 6.01 Å². The Morgan fingerprint density at radius 1 is 1.21 bits per heavy atom. The lowest BCUT2D eigenvalue weighted by Crippen LogP contribution is -2.02. The minimum absolute atomic E-state index is 0.269. The number of aryl methyl sites for hydroxylation is 1. The van der Waals surface area contributed by atoms with Gasteiger partial charge in [0.2, 0.25) is 0 Å². The Morgan fingerprint density at radius 2 is 2.05 bits per heavy atom. The van der Waals surface area contributed by atoms with E-state index in [0.717, 1.165) is 12.1 Å². The second-order valence-electron chi connectivity index (χ2n) is 3.98. The molecule has 0 bridgehead atoms. The fourth-order valence-corrected chi connectivity index (χ4v) is 1.65. The molecule has 0 amide bonds. The summed E-state index contributed by atoms with van der Waals surface area (Å²) < 4.78 is 11.0. The van der Waals surface area contributed by atoms with Crippen LogP contribution in [0, 0.1) is 0 Å². The van der Waals surface area contributed by atoms with Gasteiger partial charge in [-0.15, -0.1) is 0 Å². The zero-order valence-electron chi connectivity index (χ0n) is 11.1. The van der Waals surface area contributed by atoms with Crippen molar-refractivity contribution in [1.29, 1.82) is 0 Å². The van der Waals surface area contributed by atoms with Crippen molar-refractivity contribution in [3.05, 3.63) is 41.7 Å². The number of hydrogen-bond donors (Lipinski definition) is 1. The number of hydrogen-bond acceptors (Lipinski definition) is 5. The first-order chi connectivity index (χ1) is 9.26. The fraction of sp³-hybridized carbons (Fsp3) is 0.286. The molecule has 0 aliphatic heterocycles. The fourth-order valence-electron chi connectivity index (χ4n) is 1.65. The molecular formula is C14H17N3O2. The third-order valence-electron chi connectivity index (χ3n) is 2.74. The maximum absolute atomic E-state index is 5.64. The third-order valence-corrected chi connectivity index (χ3v) is 2.74. The van der Waals surface area contributed by atoms with Crippen LogP contribution < -0.4 is 15.2 Å². The average molecular weight is 259 g/mol. The molecular weight excluding hydrogens is 242 g/mol. The normalized spacial score (nSPS) is 10.3. The van der Waals surface area contributed by atoms with Crippen LogP contribution in [0.25, 0.3) is 0 Å². The van der Waals surface area contributed by atoms with Gasteiger partial charge in [-0.3, -0.25) is 0 Å². The van der Waals surface area contributed by atoms with E-state index in [0.29, 0.717) is 18.0 Å². The van der Waals surface area contributed by atoms with E-state index in [1.807, 2.05) is 18.2 Å². The van der Waals surface area contributed by atoms with Crippen LogP contribution in [0.15, 0.2) is 30.5 Å². The molecule has 1 aromatic carbocycles. The third kappa shape index (κ3) is 3.20. The van der Waals surface area contributed by atoms with Gasteiger partial charge in [-0.2, -0.15) is 4.98 Å². The summed E-state index contributed by atoms with van der Waals surface area (Å²) in [7, 11) is 1.61. The van der Waals surface area contributed by atoms with Crippen LogP contribution in [0.2, 0.25) is 0 Å². The lowest BCUT2D eigenvalue weighted by Gasteiger charge is -2.10. The summed E-state index contributed by atoms with van der Waals surface area (Å²) in [5, 5.41) is 0. The smallest absolute Gasteiger partial charge is 0.322 e. The Kier molecular flexibility index (Phi) is 4.30. The molecule has 0 saturated heterocycles. The highest BCUT2D eigenvalue weighted by Crippen LogP contribution is 2.31. The van der Waals surface area contributed by atoms with Gasteiger partial charge in [0.25, 0.3) is 0 Å². The molecule has 2 rings (SSSR count). The molecule has 2 N–H and O–H groups in total. The van der Waals surface area contributed by atoms with Crippen molar-refractivity contribution in [2.45, 2.75) is 19.9 Å². The summed E-state index contributed by atoms with van der Waals surface area (Å²) in [5.41, 5.74) is 7.45. The number of ether oxygens (including phenoxy) is 2. The van der Waals surface area contributed by atoms with Crippen molar-refractivity contribution >= 4 is 0 Å². The lowest BCUT2D eigenvalue weighted by molar-refractivity contribution is 0.367. The largest absolute Gasteiger partial charge is 0.493 e. The van der Waals surface area contributed by atoms with Crippen LogP contribution in [-0.4, -0.2) is 17.1 Å². The summed E-state index contributed by atoms with van der Waals surface area (Å²) in [6.45, 7) is 2.44. The Morgan fingerprint density at radius 3 is 2.74 bits per heavy atom.